The van der Waals surface area contributed by atoms with Crippen LogP contribution >= 0.6 is 0 Å². The standard InChI is InChI=1S/C17H24O2S/c1-14(2)9-8-10-15(3)13-16(4)20(18,19)17-11-6-5-7-12-17/h5-7,9,11-13,16H,8,10H2,1-4H3/b15-13+. The van der Waals surface area contributed by atoms with Crippen molar-refractivity contribution in [1.29, 1.82) is 0 Å². The van der Waals surface area contributed by atoms with Gasteiger partial charge in [0.1, 0.15) is 0 Å². The molecular formula is C17H24O2S. The van der Waals surface area contributed by atoms with E-state index in [0.717, 1.165) is 18.4 Å². The summed E-state index contributed by atoms with van der Waals surface area (Å²) in [7, 11) is -3.27. The third-order valence-corrected chi connectivity index (χ3v) is 5.22. The van der Waals surface area contributed by atoms with E-state index in [1.165, 1.54) is 5.57 Å². The summed E-state index contributed by atoms with van der Waals surface area (Å²) in [6, 6.07) is 8.64. The van der Waals surface area contributed by atoms with Crippen molar-refractivity contribution in [3.8, 4) is 0 Å². The molecule has 1 unspecified atom stereocenters. The number of hydrogen-bond donors (Lipinski definition) is 0. The zero-order valence-corrected chi connectivity index (χ0v) is 13.6. The Labute approximate surface area is 123 Å². The molecule has 1 atom stereocenters. The van der Waals surface area contributed by atoms with E-state index >= 15 is 0 Å². The van der Waals surface area contributed by atoms with Crippen molar-refractivity contribution in [2.75, 3.05) is 0 Å². The highest BCUT2D eigenvalue weighted by Gasteiger charge is 2.20. The Morgan fingerprint density at radius 3 is 2.30 bits per heavy atom. The van der Waals surface area contributed by atoms with Gasteiger partial charge in [0.05, 0.1) is 10.1 Å². The van der Waals surface area contributed by atoms with E-state index < -0.39 is 15.1 Å². The van der Waals surface area contributed by atoms with Crippen molar-refractivity contribution in [3.63, 3.8) is 0 Å². The molecule has 0 radical (unpaired) electrons. The van der Waals surface area contributed by atoms with Crippen LogP contribution in [0.1, 0.15) is 40.5 Å². The van der Waals surface area contributed by atoms with Crippen LogP contribution in [0.3, 0.4) is 0 Å². The number of hydrogen-bond acceptors (Lipinski definition) is 2. The van der Waals surface area contributed by atoms with E-state index in [-0.39, 0.29) is 0 Å². The lowest BCUT2D eigenvalue weighted by Gasteiger charge is -2.10. The van der Waals surface area contributed by atoms with E-state index in [0.29, 0.717) is 4.90 Å². The number of rotatable bonds is 6. The highest BCUT2D eigenvalue weighted by Crippen LogP contribution is 2.18. The fraction of sp³-hybridized carbons (Fsp3) is 0.412. The molecule has 0 heterocycles. The first-order chi connectivity index (χ1) is 9.34. The Morgan fingerprint density at radius 1 is 1.15 bits per heavy atom. The zero-order chi connectivity index (χ0) is 15.2. The molecule has 1 aromatic rings. The lowest BCUT2D eigenvalue weighted by atomic mass is 10.1. The predicted molar refractivity (Wildman–Crippen MR) is 85.5 cm³/mol. The van der Waals surface area contributed by atoms with Crippen molar-refractivity contribution in [2.24, 2.45) is 0 Å². The second-order valence-corrected chi connectivity index (χ2v) is 7.70. The van der Waals surface area contributed by atoms with E-state index in [4.69, 9.17) is 0 Å². The van der Waals surface area contributed by atoms with Gasteiger partial charge in [-0.2, -0.15) is 0 Å². The smallest absolute Gasteiger partial charge is 0.184 e. The van der Waals surface area contributed by atoms with Crippen LogP contribution in [0.15, 0.2) is 58.5 Å². The second-order valence-electron chi connectivity index (χ2n) is 5.40. The molecule has 0 aliphatic rings. The highest BCUT2D eigenvalue weighted by molar-refractivity contribution is 7.92. The summed E-state index contributed by atoms with van der Waals surface area (Å²) in [4.78, 5) is 0.390. The van der Waals surface area contributed by atoms with E-state index in [1.807, 2.05) is 19.1 Å². The first kappa shape index (κ1) is 16.7. The second kappa shape index (κ2) is 7.44. The van der Waals surface area contributed by atoms with Gasteiger partial charge in [0.25, 0.3) is 0 Å². The summed E-state index contributed by atoms with van der Waals surface area (Å²) in [5.74, 6) is 0. The van der Waals surface area contributed by atoms with Crippen LogP contribution in [-0.4, -0.2) is 13.7 Å². The minimum absolute atomic E-state index is 0.390. The van der Waals surface area contributed by atoms with Crippen molar-refractivity contribution in [1.82, 2.24) is 0 Å². The number of sulfone groups is 1. The van der Waals surface area contributed by atoms with Gasteiger partial charge in [-0.25, -0.2) is 8.42 Å². The molecule has 110 valence electrons. The topological polar surface area (TPSA) is 34.1 Å². The van der Waals surface area contributed by atoms with Gasteiger partial charge >= 0.3 is 0 Å². The minimum Gasteiger partial charge on any atom is -0.223 e. The Bertz CT molecular complexity index is 577. The van der Waals surface area contributed by atoms with Gasteiger partial charge < -0.3 is 0 Å². The van der Waals surface area contributed by atoms with Gasteiger partial charge in [-0.15, -0.1) is 0 Å². The van der Waals surface area contributed by atoms with Gasteiger partial charge in [0.15, 0.2) is 9.84 Å². The Balaban J connectivity index is 2.79. The number of benzene rings is 1. The molecule has 0 bridgehead atoms. The lowest BCUT2D eigenvalue weighted by Crippen LogP contribution is -2.16. The Hall–Kier alpha value is -1.35. The summed E-state index contributed by atoms with van der Waals surface area (Å²) in [5.41, 5.74) is 2.41. The maximum absolute atomic E-state index is 12.4. The van der Waals surface area contributed by atoms with Gasteiger partial charge in [-0.1, -0.05) is 41.5 Å². The summed E-state index contributed by atoms with van der Waals surface area (Å²) in [5, 5.41) is -0.489. The molecule has 0 spiro atoms. The molecule has 3 heteroatoms. The summed E-state index contributed by atoms with van der Waals surface area (Å²) in [6.45, 7) is 7.88. The molecule has 0 aliphatic heterocycles. The Morgan fingerprint density at radius 2 is 1.75 bits per heavy atom. The van der Waals surface area contributed by atoms with Crippen molar-refractivity contribution in [3.05, 3.63) is 53.6 Å². The van der Waals surface area contributed by atoms with Crippen LogP contribution in [0.2, 0.25) is 0 Å². The monoisotopic (exact) mass is 292 g/mol. The molecule has 0 aliphatic carbocycles. The fourth-order valence-electron chi connectivity index (χ4n) is 1.99. The molecule has 0 aromatic heterocycles. The normalized spacial score (nSPS) is 13.9. The molecule has 0 saturated carbocycles. The molecule has 0 saturated heterocycles. The average molecular weight is 292 g/mol. The third-order valence-electron chi connectivity index (χ3n) is 3.17. The van der Waals surface area contributed by atoms with Crippen LogP contribution in [0.4, 0.5) is 0 Å². The van der Waals surface area contributed by atoms with Crippen LogP contribution in [0.5, 0.6) is 0 Å². The maximum atomic E-state index is 12.4. The SMILES string of the molecule is CC(C)=CCC/C(C)=C/C(C)S(=O)(=O)c1ccccc1. The van der Waals surface area contributed by atoms with E-state index in [1.54, 1.807) is 31.2 Å². The first-order valence-corrected chi connectivity index (χ1v) is 8.48. The van der Waals surface area contributed by atoms with Crippen LogP contribution in [-0.2, 0) is 9.84 Å². The Kier molecular flexibility index (Phi) is 6.21. The largest absolute Gasteiger partial charge is 0.223 e. The van der Waals surface area contributed by atoms with E-state index in [2.05, 4.69) is 19.9 Å². The summed E-state index contributed by atoms with van der Waals surface area (Å²) >= 11 is 0. The molecule has 2 nitrogen and oxygen atoms in total. The highest BCUT2D eigenvalue weighted by atomic mass is 32.2. The number of allylic oxidation sites excluding steroid dienone is 3. The van der Waals surface area contributed by atoms with Gasteiger partial charge in [0.2, 0.25) is 0 Å². The molecule has 0 amide bonds. The van der Waals surface area contributed by atoms with Crippen molar-refractivity contribution >= 4 is 9.84 Å². The quantitative estimate of drug-likeness (QED) is 0.721. The average Bonchev–Trinajstić information content (AvgIpc) is 2.39. The van der Waals surface area contributed by atoms with Crippen molar-refractivity contribution in [2.45, 2.75) is 50.7 Å². The van der Waals surface area contributed by atoms with Gasteiger partial charge in [0, 0.05) is 0 Å². The molecular weight excluding hydrogens is 268 g/mol. The first-order valence-electron chi connectivity index (χ1n) is 6.93. The molecule has 0 N–H and O–H groups in total. The van der Waals surface area contributed by atoms with Crippen molar-refractivity contribution < 1.29 is 8.42 Å². The fourth-order valence-corrected chi connectivity index (χ4v) is 3.36. The van der Waals surface area contributed by atoms with Gasteiger partial charge in [-0.05, 0) is 52.7 Å². The molecule has 20 heavy (non-hydrogen) atoms. The third kappa shape index (κ3) is 4.97. The van der Waals surface area contributed by atoms with E-state index in [9.17, 15) is 8.42 Å². The predicted octanol–water partition coefficient (Wildman–Crippen LogP) is 4.54. The van der Waals surface area contributed by atoms with Crippen LogP contribution < -0.4 is 0 Å². The van der Waals surface area contributed by atoms with Crippen LogP contribution in [0.25, 0.3) is 0 Å². The molecule has 1 rings (SSSR count). The summed E-state index contributed by atoms with van der Waals surface area (Å²) in [6.07, 6.45) is 5.90. The molecule has 0 fully saturated rings. The minimum atomic E-state index is -3.27. The van der Waals surface area contributed by atoms with Crippen LogP contribution in [0, 0.1) is 0 Å². The lowest BCUT2D eigenvalue weighted by molar-refractivity contribution is 0.591. The maximum Gasteiger partial charge on any atom is 0.184 e. The molecule has 1 aromatic carbocycles. The van der Waals surface area contributed by atoms with Gasteiger partial charge in [-0.3, -0.25) is 0 Å². The zero-order valence-electron chi connectivity index (χ0n) is 12.8. The summed E-state index contributed by atoms with van der Waals surface area (Å²) < 4.78 is 24.8.